The molecule has 0 aliphatic carbocycles. The summed E-state index contributed by atoms with van der Waals surface area (Å²) in [6.07, 6.45) is 0. The third-order valence-electron chi connectivity index (χ3n) is 3.16. The number of hydrogen-bond acceptors (Lipinski definition) is 3. The molecular formula is C15H15NO3S. The minimum Gasteiger partial charge on any atom is -0.478 e. The Morgan fingerprint density at radius 2 is 2.05 bits per heavy atom. The maximum Gasteiger partial charge on any atom is 0.335 e. The molecule has 0 unspecified atom stereocenters. The third-order valence-corrected chi connectivity index (χ3v) is 3.86. The monoisotopic (exact) mass is 289 g/mol. The van der Waals surface area contributed by atoms with Gasteiger partial charge in [0.1, 0.15) is 0 Å². The lowest BCUT2D eigenvalue weighted by molar-refractivity contribution is -0.117. The van der Waals surface area contributed by atoms with Crippen molar-refractivity contribution in [3.8, 4) is 0 Å². The molecule has 104 valence electrons. The minimum atomic E-state index is -0.966. The zero-order chi connectivity index (χ0) is 14.7. The fourth-order valence-electron chi connectivity index (χ4n) is 1.90. The van der Waals surface area contributed by atoms with Crippen molar-refractivity contribution in [3.05, 3.63) is 51.7 Å². The molecule has 5 heteroatoms. The van der Waals surface area contributed by atoms with E-state index in [-0.39, 0.29) is 17.4 Å². The molecule has 20 heavy (non-hydrogen) atoms. The van der Waals surface area contributed by atoms with Crippen LogP contribution in [0.4, 0.5) is 5.69 Å². The molecule has 0 bridgehead atoms. The zero-order valence-electron chi connectivity index (χ0n) is 11.2. The number of nitrogens with one attached hydrogen (secondary N) is 1. The van der Waals surface area contributed by atoms with E-state index in [4.69, 9.17) is 5.11 Å². The maximum absolute atomic E-state index is 12.1. The normalized spacial score (nSPS) is 11.9. The van der Waals surface area contributed by atoms with Crippen LogP contribution in [0.1, 0.15) is 34.3 Å². The van der Waals surface area contributed by atoms with Gasteiger partial charge in [0.05, 0.1) is 11.5 Å². The molecule has 1 aromatic heterocycles. The van der Waals surface area contributed by atoms with Gasteiger partial charge in [0.15, 0.2) is 0 Å². The van der Waals surface area contributed by atoms with Crippen LogP contribution < -0.4 is 5.32 Å². The molecule has 2 aromatic rings. The Balaban J connectivity index is 2.12. The highest BCUT2D eigenvalue weighted by molar-refractivity contribution is 7.08. The second-order valence-corrected chi connectivity index (χ2v) is 5.38. The molecule has 0 spiro atoms. The Bertz CT molecular complexity index is 635. The maximum atomic E-state index is 12.1. The molecule has 1 heterocycles. The summed E-state index contributed by atoms with van der Waals surface area (Å²) in [4.78, 5) is 23.1. The topological polar surface area (TPSA) is 66.4 Å². The summed E-state index contributed by atoms with van der Waals surface area (Å²) in [5.41, 5.74) is 2.46. The molecule has 0 fully saturated rings. The van der Waals surface area contributed by atoms with E-state index in [0.29, 0.717) is 11.3 Å². The largest absolute Gasteiger partial charge is 0.478 e. The van der Waals surface area contributed by atoms with Crippen molar-refractivity contribution < 1.29 is 14.7 Å². The van der Waals surface area contributed by atoms with Crippen molar-refractivity contribution >= 4 is 28.9 Å². The lowest BCUT2D eigenvalue weighted by Gasteiger charge is -2.12. The van der Waals surface area contributed by atoms with Crippen molar-refractivity contribution in [1.82, 2.24) is 0 Å². The van der Waals surface area contributed by atoms with Crippen molar-refractivity contribution in [2.24, 2.45) is 0 Å². The fourth-order valence-corrected chi connectivity index (χ4v) is 2.66. The third kappa shape index (κ3) is 3.05. The number of carboxylic acids is 1. The van der Waals surface area contributed by atoms with Crippen molar-refractivity contribution in [2.45, 2.75) is 19.8 Å². The summed E-state index contributed by atoms with van der Waals surface area (Å²) in [5.74, 6) is -1.31. The number of carbonyl (C=O) groups excluding carboxylic acids is 1. The van der Waals surface area contributed by atoms with E-state index in [1.54, 1.807) is 30.4 Å². The van der Waals surface area contributed by atoms with Crippen molar-refractivity contribution in [1.29, 1.82) is 0 Å². The predicted molar refractivity (Wildman–Crippen MR) is 79.5 cm³/mol. The summed E-state index contributed by atoms with van der Waals surface area (Å²) in [6.45, 7) is 3.55. The minimum absolute atomic E-state index is 0.106. The summed E-state index contributed by atoms with van der Waals surface area (Å²) in [7, 11) is 0. The number of thiophene rings is 1. The molecule has 0 saturated heterocycles. The summed E-state index contributed by atoms with van der Waals surface area (Å²) in [6, 6.07) is 6.70. The average molecular weight is 289 g/mol. The van der Waals surface area contributed by atoms with E-state index in [1.165, 1.54) is 6.07 Å². The molecule has 4 nitrogen and oxygen atoms in total. The number of aromatic carboxylic acids is 1. The zero-order valence-corrected chi connectivity index (χ0v) is 12.0. The van der Waals surface area contributed by atoms with Gasteiger partial charge in [0.2, 0.25) is 5.91 Å². The van der Waals surface area contributed by atoms with Gasteiger partial charge in [0, 0.05) is 5.69 Å². The molecule has 0 radical (unpaired) electrons. The fraction of sp³-hybridized carbons (Fsp3) is 0.200. The Morgan fingerprint density at radius 1 is 1.30 bits per heavy atom. The first-order chi connectivity index (χ1) is 9.49. The molecule has 0 saturated carbocycles. The van der Waals surface area contributed by atoms with Gasteiger partial charge >= 0.3 is 5.97 Å². The number of carbonyl (C=O) groups is 2. The lowest BCUT2D eigenvalue weighted by Crippen LogP contribution is -2.18. The number of aryl methyl sites for hydroxylation is 1. The molecule has 2 N–H and O–H groups in total. The standard InChI is InChI=1S/C15H15NO3S/c1-9-7-12(3-4-13(9)15(18)19)16-14(17)10(2)11-5-6-20-8-11/h3-8,10H,1-2H3,(H,16,17)(H,18,19)/t10-/m1/s1. The van der Waals surface area contributed by atoms with Crippen molar-refractivity contribution in [2.75, 3.05) is 5.32 Å². The SMILES string of the molecule is Cc1cc(NC(=O)[C@H](C)c2ccsc2)ccc1C(=O)O. The highest BCUT2D eigenvalue weighted by Crippen LogP contribution is 2.21. The number of rotatable bonds is 4. The van der Waals surface area contributed by atoms with E-state index in [9.17, 15) is 9.59 Å². The summed E-state index contributed by atoms with van der Waals surface area (Å²) < 4.78 is 0. The average Bonchev–Trinajstić information content (AvgIpc) is 2.91. The Hall–Kier alpha value is -2.14. The molecule has 0 aliphatic rings. The van der Waals surface area contributed by atoms with Crippen LogP contribution in [0.3, 0.4) is 0 Å². The van der Waals surface area contributed by atoms with Crippen LogP contribution in [0.25, 0.3) is 0 Å². The van der Waals surface area contributed by atoms with Crippen LogP contribution in [0.2, 0.25) is 0 Å². The van der Waals surface area contributed by atoms with Gasteiger partial charge in [-0.1, -0.05) is 0 Å². The predicted octanol–water partition coefficient (Wildman–Crippen LogP) is 3.50. The van der Waals surface area contributed by atoms with E-state index in [2.05, 4.69) is 5.32 Å². The van der Waals surface area contributed by atoms with Gasteiger partial charge in [-0.05, 0) is 60.0 Å². The summed E-state index contributed by atoms with van der Waals surface area (Å²) in [5, 5.41) is 15.7. The van der Waals surface area contributed by atoms with Gasteiger partial charge in [0.25, 0.3) is 0 Å². The van der Waals surface area contributed by atoms with E-state index < -0.39 is 5.97 Å². The van der Waals surface area contributed by atoms with Crippen molar-refractivity contribution in [3.63, 3.8) is 0 Å². The molecule has 1 aromatic carbocycles. The highest BCUT2D eigenvalue weighted by atomic mass is 32.1. The van der Waals surface area contributed by atoms with Crippen LogP contribution in [0.5, 0.6) is 0 Å². The number of hydrogen-bond donors (Lipinski definition) is 2. The Labute approximate surface area is 121 Å². The van der Waals surface area contributed by atoms with E-state index in [0.717, 1.165) is 5.56 Å². The van der Waals surface area contributed by atoms with Gasteiger partial charge < -0.3 is 10.4 Å². The lowest BCUT2D eigenvalue weighted by atomic mass is 10.0. The molecular weight excluding hydrogens is 274 g/mol. The summed E-state index contributed by atoms with van der Waals surface area (Å²) >= 11 is 1.55. The second-order valence-electron chi connectivity index (χ2n) is 4.60. The van der Waals surface area contributed by atoms with Gasteiger partial charge in [-0.15, -0.1) is 0 Å². The quantitative estimate of drug-likeness (QED) is 0.905. The van der Waals surface area contributed by atoms with Crippen LogP contribution >= 0.6 is 11.3 Å². The number of benzene rings is 1. The first-order valence-corrected chi connectivity index (χ1v) is 7.10. The van der Waals surface area contributed by atoms with Crippen LogP contribution in [0.15, 0.2) is 35.0 Å². The highest BCUT2D eigenvalue weighted by Gasteiger charge is 2.16. The first kappa shape index (κ1) is 14.3. The first-order valence-electron chi connectivity index (χ1n) is 6.16. The van der Waals surface area contributed by atoms with Crippen LogP contribution in [-0.4, -0.2) is 17.0 Å². The van der Waals surface area contributed by atoms with E-state index in [1.807, 2.05) is 23.8 Å². The second kappa shape index (κ2) is 5.88. The van der Waals surface area contributed by atoms with E-state index >= 15 is 0 Å². The smallest absolute Gasteiger partial charge is 0.335 e. The van der Waals surface area contributed by atoms with Crippen LogP contribution in [-0.2, 0) is 4.79 Å². The van der Waals surface area contributed by atoms with Crippen LogP contribution in [0, 0.1) is 6.92 Å². The van der Waals surface area contributed by atoms with Gasteiger partial charge in [-0.25, -0.2) is 4.79 Å². The Morgan fingerprint density at radius 3 is 2.60 bits per heavy atom. The number of amides is 1. The molecule has 2 rings (SSSR count). The number of carboxylic acid groups (broad SMARTS) is 1. The molecule has 1 atom stereocenters. The molecule has 0 aliphatic heterocycles. The Kier molecular flexibility index (Phi) is 4.20. The molecule has 1 amide bonds. The number of anilines is 1. The van der Waals surface area contributed by atoms with Gasteiger partial charge in [-0.2, -0.15) is 11.3 Å². The van der Waals surface area contributed by atoms with Gasteiger partial charge in [-0.3, -0.25) is 4.79 Å².